The summed E-state index contributed by atoms with van der Waals surface area (Å²) in [4.78, 5) is 34.2. The topological polar surface area (TPSA) is 78.1 Å². The van der Waals surface area contributed by atoms with Crippen LogP contribution in [0, 0.1) is 6.92 Å². The highest BCUT2D eigenvalue weighted by atomic mass is 16.2. The van der Waals surface area contributed by atoms with E-state index in [0.717, 1.165) is 16.9 Å². The van der Waals surface area contributed by atoms with E-state index < -0.39 is 0 Å². The number of hydrogen-bond acceptors (Lipinski definition) is 3. The van der Waals surface area contributed by atoms with Gasteiger partial charge >= 0.3 is 0 Å². The monoisotopic (exact) mass is 378 g/mol. The number of nitrogens with one attached hydrogen (secondary N) is 2. The smallest absolute Gasteiger partial charge is 0.253 e. The average molecular weight is 378 g/mol. The zero-order chi connectivity index (χ0) is 20.1. The van der Waals surface area contributed by atoms with Crippen LogP contribution in [0.3, 0.4) is 0 Å². The Bertz CT molecular complexity index is 993. The van der Waals surface area contributed by atoms with Gasteiger partial charge in [-0.1, -0.05) is 19.1 Å². The van der Waals surface area contributed by atoms with Crippen LogP contribution in [0.5, 0.6) is 0 Å². The van der Waals surface area contributed by atoms with E-state index in [-0.39, 0.29) is 11.8 Å². The number of carbonyl (C=O) groups is 2. The van der Waals surface area contributed by atoms with Gasteiger partial charge in [0.2, 0.25) is 5.91 Å². The maximum atomic E-state index is 12.9. The van der Waals surface area contributed by atoms with Crippen molar-refractivity contribution in [1.82, 2.24) is 14.9 Å². The molecule has 0 bridgehead atoms. The van der Waals surface area contributed by atoms with Crippen LogP contribution in [0.25, 0.3) is 11.0 Å². The minimum absolute atomic E-state index is 0.0537. The number of benzene rings is 2. The van der Waals surface area contributed by atoms with Crippen molar-refractivity contribution < 1.29 is 9.59 Å². The molecule has 2 amide bonds. The maximum Gasteiger partial charge on any atom is 0.253 e. The number of imidazole rings is 1. The first-order valence-corrected chi connectivity index (χ1v) is 9.64. The number of fused-ring (bicyclic) bond motifs is 1. The summed E-state index contributed by atoms with van der Waals surface area (Å²) in [6.45, 7) is 6.98. The van der Waals surface area contributed by atoms with E-state index in [4.69, 9.17) is 0 Å². The second-order valence-electron chi connectivity index (χ2n) is 6.82. The molecule has 2 N–H and O–H groups in total. The highest BCUT2D eigenvalue weighted by Gasteiger charge is 2.15. The lowest BCUT2D eigenvalue weighted by Crippen LogP contribution is -2.33. The first-order chi connectivity index (χ1) is 13.5. The van der Waals surface area contributed by atoms with Gasteiger partial charge in [-0.3, -0.25) is 9.59 Å². The predicted octanol–water partition coefficient (Wildman–Crippen LogP) is 3.92. The third kappa shape index (κ3) is 4.57. The number of aromatic nitrogens is 2. The molecule has 3 aromatic rings. The predicted molar refractivity (Wildman–Crippen MR) is 111 cm³/mol. The van der Waals surface area contributed by atoms with Gasteiger partial charge in [-0.25, -0.2) is 4.98 Å². The maximum absolute atomic E-state index is 12.9. The molecule has 1 heterocycles. The lowest BCUT2D eigenvalue weighted by atomic mass is 10.1. The molecule has 2 aromatic carbocycles. The fourth-order valence-electron chi connectivity index (χ4n) is 3.10. The lowest BCUT2D eigenvalue weighted by molar-refractivity contribution is -0.115. The number of rotatable bonds is 7. The minimum Gasteiger partial charge on any atom is -0.342 e. The summed E-state index contributed by atoms with van der Waals surface area (Å²) in [7, 11) is 0. The van der Waals surface area contributed by atoms with Crippen LogP contribution in [-0.2, 0) is 11.2 Å². The van der Waals surface area contributed by atoms with Crippen LogP contribution >= 0.6 is 0 Å². The Labute approximate surface area is 165 Å². The molecular formula is C22H26N4O2. The van der Waals surface area contributed by atoms with E-state index >= 15 is 0 Å². The van der Waals surface area contributed by atoms with Crippen molar-refractivity contribution in [3.05, 3.63) is 59.4 Å². The van der Waals surface area contributed by atoms with Gasteiger partial charge in [0.15, 0.2) is 0 Å². The van der Waals surface area contributed by atoms with Gasteiger partial charge in [0.05, 0.1) is 11.0 Å². The Kier molecular flexibility index (Phi) is 6.09. The number of anilines is 1. The molecule has 1 aromatic heterocycles. The number of aromatic amines is 1. The normalized spacial score (nSPS) is 10.8. The molecule has 0 saturated heterocycles. The Morgan fingerprint density at radius 3 is 2.71 bits per heavy atom. The summed E-state index contributed by atoms with van der Waals surface area (Å²) >= 11 is 0. The number of nitrogens with zero attached hydrogens (tertiary/aromatic N) is 2. The van der Waals surface area contributed by atoms with Gasteiger partial charge in [-0.05, 0) is 49.7 Å². The van der Waals surface area contributed by atoms with Crippen LogP contribution in [-0.4, -0.2) is 39.8 Å². The summed E-state index contributed by atoms with van der Waals surface area (Å²) in [6, 6.07) is 13.2. The van der Waals surface area contributed by atoms with Crippen LogP contribution in [0.15, 0.2) is 42.5 Å². The van der Waals surface area contributed by atoms with Crippen LogP contribution in [0.1, 0.15) is 42.0 Å². The molecule has 0 aliphatic rings. The van der Waals surface area contributed by atoms with E-state index in [9.17, 15) is 9.59 Å². The van der Waals surface area contributed by atoms with Crippen LogP contribution in [0.2, 0.25) is 0 Å². The summed E-state index contributed by atoms with van der Waals surface area (Å²) in [5.41, 5.74) is 4.35. The van der Waals surface area contributed by atoms with E-state index in [1.54, 1.807) is 36.1 Å². The molecule has 0 atom stereocenters. The number of amides is 2. The number of H-pyrrole nitrogens is 1. The third-order valence-electron chi connectivity index (χ3n) is 4.69. The molecule has 0 aliphatic carbocycles. The summed E-state index contributed by atoms with van der Waals surface area (Å²) in [6.07, 6.45) is 1.05. The first kappa shape index (κ1) is 19.6. The first-order valence-electron chi connectivity index (χ1n) is 9.64. The standard InChI is InChI=1S/C22H26N4O2/c1-4-21(27)23-17-8-6-7-16(14-17)22(28)26(5-2)12-11-20-24-18-10-9-15(3)13-19(18)25-20/h6-10,13-14H,4-5,11-12H2,1-3H3,(H,23,27)(H,24,25). The quantitative estimate of drug-likeness (QED) is 0.654. The van der Waals surface area contributed by atoms with Crippen LogP contribution < -0.4 is 5.32 Å². The van der Waals surface area contributed by atoms with Gasteiger partial charge < -0.3 is 15.2 Å². The highest BCUT2D eigenvalue weighted by Crippen LogP contribution is 2.16. The van der Waals surface area contributed by atoms with Crippen LogP contribution in [0.4, 0.5) is 5.69 Å². The molecule has 28 heavy (non-hydrogen) atoms. The number of carbonyl (C=O) groups excluding carboxylic acids is 2. The second kappa shape index (κ2) is 8.69. The Hall–Kier alpha value is -3.15. The Morgan fingerprint density at radius 2 is 1.96 bits per heavy atom. The van der Waals surface area contributed by atoms with Crippen molar-refractivity contribution in [3.8, 4) is 0 Å². The zero-order valence-corrected chi connectivity index (χ0v) is 16.6. The molecule has 0 unspecified atom stereocenters. The lowest BCUT2D eigenvalue weighted by Gasteiger charge is -2.20. The largest absolute Gasteiger partial charge is 0.342 e. The Balaban J connectivity index is 1.69. The molecule has 3 rings (SSSR count). The average Bonchev–Trinajstić information content (AvgIpc) is 3.10. The molecule has 0 saturated carbocycles. The molecule has 0 fully saturated rings. The molecule has 6 nitrogen and oxygen atoms in total. The van der Waals surface area contributed by atoms with Crippen molar-refractivity contribution in [3.63, 3.8) is 0 Å². The van der Waals surface area contributed by atoms with Crippen molar-refractivity contribution in [2.45, 2.75) is 33.6 Å². The van der Waals surface area contributed by atoms with Gasteiger partial charge in [0, 0.05) is 37.2 Å². The van der Waals surface area contributed by atoms with Crippen molar-refractivity contribution in [2.75, 3.05) is 18.4 Å². The van der Waals surface area contributed by atoms with Gasteiger partial charge in [0.25, 0.3) is 5.91 Å². The molecular weight excluding hydrogens is 352 g/mol. The van der Waals surface area contributed by atoms with Gasteiger partial charge in [0.1, 0.15) is 5.82 Å². The van der Waals surface area contributed by atoms with E-state index in [0.29, 0.717) is 37.2 Å². The Morgan fingerprint density at radius 1 is 1.14 bits per heavy atom. The van der Waals surface area contributed by atoms with Crippen molar-refractivity contribution in [1.29, 1.82) is 0 Å². The summed E-state index contributed by atoms with van der Waals surface area (Å²) in [5.74, 6) is 0.745. The molecule has 6 heteroatoms. The molecule has 0 radical (unpaired) electrons. The summed E-state index contributed by atoms with van der Waals surface area (Å²) < 4.78 is 0. The van der Waals surface area contributed by atoms with Crippen molar-refractivity contribution in [2.24, 2.45) is 0 Å². The molecule has 146 valence electrons. The fourth-order valence-corrected chi connectivity index (χ4v) is 3.10. The van der Waals surface area contributed by atoms with Gasteiger partial charge in [-0.15, -0.1) is 0 Å². The minimum atomic E-state index is -0.0722. The molecule has 0 spiro atoms. The highest BCUT2D eigenvalue weighted by molar-refractivity contribution is 5.97. The zero-order valence-electron chi connectivity index (χ0n) is 16.6. The number of likely N-dealkylation sites (N-methyl/N-ethyl adjacent to an activating group) is 1. The number of hydrogen-bond donors (Lipinski definition) is 2. The fraction of sp³-hybridized carbons (Fsp3) is 0.318. The number of aryl methyl sites for hydroxylation is 1. The second-order valence-corrected chi connectivity index (χ2v) is 6.82. The van der Waals surface area contributed by atoms with E-state index in [1.807, 2.05) is 19.1 Å². The summed E-state index contributed by atoms with van der Waals surface area (Å²) in [5, 5.41) is 2.80. The third-order valence-corrected chi connectivity index (χ3v) is 4.69. The van der Waals surface area contributed by atoms with Gasteiger partial charge in [-0.2, -0.15) is 0 Å². The van der Waals surface area contributed by atoms with Crippen molar-refractivity contribution >= 4 is 28.5 Å². The SMILES string of the molecule is CCC(=O)Nc1cccc(C(=O)N(CC)CCc2nc3ccc(C)cc3[nH]2)c1. The van der Waals surface area contributed by atoms with E-state index in [2.05, 4.69) is 28.3 Å². The van der Waals surface area contributed by atoms with E-state index in [1.165, 1.54) is 5.56 Å². The molecule has 0 aliphatic heterocycles.